The Morgan fingerprint density at radius 3 is 1.61 bits per heavy atom. The van der Waals surface area contributed by atoms with Gasteiger partial charge in [-0.2, -0.15) is 0 Å². The van der Waals surface area contributed by atoms with Gasteiger partial charge in [-0.15, -0.1) is 0 Å². The molecule has 0 radical (unpaired) electrons. The highest BCUT2D eigenvalue weighted by molar-refractivity contribution is 6.21. The largest absolute Gasteiger partial charge is 0.310 e. The normalized spacial score (nSPS) is 17.2. The highest BCUT2D eigenvalue weighted by Crippen LogP contribution is 2.66. The zero-order valence-corrected chi connectivity index (χ0v) is 43.0. The first kappa shape index (κ1) is 43.9. The Kier molecular flexibility index (Phi) is 9.26. The Labute approximate surface area is 449 Å². The first-order valence-electron chi connectivity index (χ1n) is 27.1. The van der Waals surface area contributed by atoms with Crippen LogP contribution in [-0.4, -0.2) is 4.57 Å². The van der Waals surface area contributed by atoms with Crippen LogP contribution in [-0.2, 0) is 16.2 Å². The summed E-state index contributed by atoms with van der Waals surface area (Å²) in [7, 11) is 0. The lowest BCUT2D eigenvalue weighted by atomic mass is 9.51. The van der Waals surface area contributed by atoms with Gasteiger partial charge < -0.3 is 9.47 Å². The molecule has 0 aliphatic heterocycles. The summed E-state index contributed by atoms with van der Waals surface area (Å²) in [6, 6.07) is 105. The molecule has 13 aromatic rings. The highest BCUT2D eigenvalue weighted by Gasteiger charge is 2.57. The van der Waals surface area contributed by atoms with Gasteiger partial charge in [-0.1, -0.05) is 232 Å². The monoisotopic (exact) mass is 980 g/mol. The minimum atomic E-state index is -0.697. The average Bonchev–Trinajstić information content (AvgIpc) is 4.15. The van der Waals surface area contributed by atoms with Crippen LogP contribution < -0.4 is 4.90 Å². The molecule has 1 heterocycles. The van der Waals surface area contributed by atoms with Crippen LogP contribution in [0.2, 0.25) is 0 Å². The molecule has 0 N–H and O–H groups in total. The fourth-order valence-electron chi connectivity index (χ4n) is 14.8. The van der Waals surface area contributed by atoms with Crippen molar-refractivity contribution < 1.29 is 0 Å². The summed E-state index contributed by atoms with van der Waals surface area (Å²) in [6.07, 6.45) is 0. The van der Waals surface area contributed by atoms with E-state index in [-0.39, 0.29) is 5.41 Å². The lowest BCUT2D eigenvalue weighted by Gasteiger charge is -2.49. The summed E-state index contributed by atoms with van der Waals surface area (Å²) in [6.45, 7) is 4.76. The van der Waals surface area contributed by atoms with Crippen LogP contribution in [0.1, 0.15) is 69.5 Å². The number of benzene rings is 12. The van der Waals surface area contributed by atoms with Gasteiger partial charge in [0.25, 0.3) is 0 Å². The van der Waals surface area contributed by atoms with E-state index >= 15 is 0 Å². The summed E-state index contributed by atoms with van der Waals surface area (Å²) in [5.74, 6) is 0. The number of fused-ring (bicyclic) bond motifs is 13. The maximum absolute atomic E-state index is 2.50. The molecule has 77 heavy (non-hydrogen) atoms. The van der Waals surface area contributed by atoms with E-state index in [9.17, 15) is 0 Å². The second kappa shape index (κ2) is 16.3. The molecule has 0 saturated carbocycles. The van der Waals surface area contributed by atoms with Gasteiger partial charge in [0, 0.05) is 38.9 Å². The van der Waals surface area contributed by atoms with Crippen LogP contribution in [0.3, 0.4) is 0 Å². The van der Waals surface area contributed by atoms with Gasteiger partial charge in [-0.25, -0.2) is 0 Å². The smallest absolute Gasteiger partial charge is 0.0720 e. The van der Waals surface area contributed by atoms with Gasteiger partial charge in [0.15, 0.2) is 0 Å². The van der Waals surface area contributed by atoms with E-state index in [0.29, 0.717) is 0 Å². The predicted octanol–water partition coefficient (Wildman–Crippen LogP) is 18.8. The SMILES string of the molecule is CC1(C)c2ccccc2-c2ccc(N(c3ccc(-n4c5ccccc5c5c6ccccc6ccc54)cc3)c3cccc(C4(c5ccccc5)c5ccccc5C5(c6ccccc6)c6ccccc6-c6cccc4c65)c3)cc21. The molecule has 362 valence electrons. The van der Waals surface area contributed by atoms with Crippen LogP contribution in [0.5, 0.6) is 0 Å². The van der Waals surface area contributed by atoms with Crippen LogP contribution in [0.25, 0.3) is 60.5 Å². The number of nitrogens with zero attached hydrogens (tertiary/aromatic N) is 2. The maximum Gasteiger partial charge on any atom is 0.0720 e. The molecule has 2 atom stereocenters. The lowest BCUT2D eigenvalue weighted by molar-refractivity contribution is 0.627. The molecule has 12 aromatic carbocycles. The predicted molar refractivity (Wildman–Crippen MR) is 320 cm³/mol. The first-order valence-corrected chi connectivity index (χ1v) is 27.1. The van der Waals surface area contributed by atoms with E-state index in [2.05, 4.69) is 302 Å². The minimum Gasteiger partial charge on any atom is -0.310 e. The molecule has 3 aliphatic carbocycles. The van der Waals surface area contributed by atoms with Crippen LogP contribution in [0.15, 0.2) is 279 Å². The van der Waals surface area contributed by atoms with Crippen molar-refractivity contribution in [2.24, 2.45) is 0 Å². The second-order valence-corrected chi connectivity index (χ2v) is 21.9. The zero-order chi connectivity index (χ0) is 51.0. The van der Waals surface area contributed by atoms with E-state index in [1.54, 1.807) is 0 Å². The van der Waals surface area contributed by atoms with Gasteiger partial charge in [0.1, 0.15) is 0 Å². The van der Waals surface area contributed by atoms with Crippen LogP contribution in [0.4, 0.5) is 17.1 Å². The molecule has 0 spiro atoms. The Morgan fingerprint density at radius 2 is 0.844 bits per heavy atom. The van der Waals surface area contributed by atoms with Gasteiger partial charge in [0.05, 0.1) is 21.9 Å². The fraction of sp³-hybridized carbons (Fsp3) is 0.0667. The van der Waals surface area contributed by atoms with Crippen LogP contribution in [0, 0.1) is 0 Å². The Balaban J connectivity index is 0.943. The molecule has 2 heteroatoms. The van der Waals surface area contributed by atoms with Crippen LogP contribution >= 0.6 is 0 Å². The van der Waals surface area contributed by atoms with Crippen molar-refractivity contribution in [1.29, 1.82) is 0 Å². The maximum atomic E-state index is 2.50. The number of hydrogen-bond donors (Lipinski definition) is 0. The Hall–Kier alpha value is -9.50. The van der Waals surface area contributed by atoms with E-state index in [1.807, 2.05) is 0 Å². The summed E-state index contributed by atoms with van der Waals surface area (Å²) in [5.41, 5.74) is 23.7. The van der Waals surface area contributed by atoms with Crippen molar-refractivity contribution in [3.05, 3.63) is 335 Å². The van der Waals surface area contributed by atoms with Crippen molar-refractivity contribution in [2.45, 2.75) is 30.1 Å². The highest BCUT2D eigenvalue weighted by atomic mass is 15.1. The third-order valence-corrected chi connectivity index (χ3v) is 17.9. The number of rotatable bonds is 7. The number of anilines is 3. The Bertz CT molecular complexity index is 4540. The third kappa shape index (κ3) is 5.85. The topological polar surface area (TPSA) is 8.17 Å². The molecular formula is C75H52N2. The van der Waals surface area contributed by atoms with Crippen molar-refractivity contribution in [2.75, 3.05) is 4.90 Å². The van der Waals surface area contributed by atoms with E-state index in [1.165, 1.54) is 110 Å². The number of hydrogen-bond acceptors (Lipinski definition) is 1. The van der Waals surface area contributed by atoms with E-state index in [4.69, 9.17) is 0 Å². The molecule has 0 saturated heterocycles. The van der Waals surface area contributed by atoms with E-state index < -0.39 is 10.8 Å². The Morgan fingerprint density at radius 1 is 0.312 bits per heavy atom. The summed E-state index contributed by atoms with van der Waals surface area (Å²) >= 11 is 0. The molecular weight excluding hydrogens is 929 g/mol. The van der Waals surface area contributed by atoms with Crippen molar-refractivity contribution in [3.8, 4) is 27.9 Å². The molecule has 0 fully saturated rings. The van der Waals surface area contributed by atoms with Crippen molar-refractivity contribution in [1.82, 2.24) is 4.57 Å². The quantitative estimate of drug-likeness (QED) is 0.154. The van der Waals surface area contributed by atoms with Gasteiger partial charge in [0.2, 0.25) is 0 Å². The minimum absolute atomic E-state index is 0.181. The van der Waals surface area contributed by atoms with Crippen molar-refractivity contribution >= 4 is 49.6 Å². The average molecular weight is 981 g/mol. The first-order chi connectivity index (χ1) is 38.0. The molecule has 16 rings (SSSR count). The molecule has 0 bridgehead atoms. The molecule has 2 nitrogen and oxygen atoms in total. The standard InChI is InChI=1S/C75H52N2/c1-73(2)63-33-14-11-29-58(63)60-45-44-56(48-68(60)73)76(53-40-42-54(43-41-53)77-69-38-18-13-31-62(69)71-57-28-10-9-21-49(57)39-46-70(71)77)55-27-19-26-52(47-55)74(50-22-5-3-6-23-50)65-35-16-17-36-66(65)75(51-24-7-4-8-25-51)64-34-15-12-30-59(64)61-32-20-37-67(74)72(61)75/h3-48H,1-2H3. The summed E-state index contributed by atoms with van der Waals surface area (Å²) < 4.78 is 2.44. The summed E-state index contributed by atoms with van der Waals surface area (Å²) in [4.78, 5) is 2.50. The number of aromatic nitrogens is 1. The second-order valence-electron chi connectivity index (χ2n) is 21.9. The summed E-state index contributed by atoms with van der Waals surface area (Å²) in [5, 5.41) is 5.07. The fourth-order valence-corrected chi connectivity index (χ4v) is 14.8. The third-order valence-electron chi connectivity index (χ3n) is 17.9. The van der Waals surface area contributed by atoms with Crippen molar-refractivity contribution in [3.63, 3.8) is 0 Å². The van der Waals surface area contributed by atoms with Gasteiger partial charge >= 0.3 is 0 Å². The molecule has 1 aromatic heterocycles. The van der Waals surface area contributed by atoms with Gasteiger partial charge in [-0.3, -0.25) is 0 Å². The van der Waals surface area contributed by atoms with Gasteiger partial charge in [-0.05, 0) is 149 Å². The van der Waals surface area contributed by atoms with E-state index in [0.717, 1.165) is 22.7 Å². The molecule has 0 amide bonds. The molecule has 2 unspecified atom stereocenters. The zero-order valence-electron chi connectivity index (χ0n) is 43.0. The number of para-hydroxylation sites is 1. The lowest BCUT2D eigenvalue weighted by Crippen LogP contribution is -2.44. The molecule has 3 aliphatic rings.